The minimum atomic E-state index is -0.674. The van der Waals surface area contributed by atoms with Gasteiger partial charge in [0.15, 0.2) is 0 Å². The van der Waals surface area contributed by atoms with Crippen molar-refractivity contribution < 1.29 is 14.2 Å². The van der Waals surface area contributed by atoms with Crippen LogP contribution in [0.3, 0.4) is 0 Å². The van der Waals surface area contributed by atoms with Gasteiger partial charge in [-0.3, -0.25) is 0 Å². The molecule has 0 unspecified atom stereocenters. The molecule has 0 aliphatic heterocycles. The van der Waals surface area contributed by atoms with Crippen LogP contribution in [-0.2, 0) is 6.42 Å². The molecule has 2 nitrogen and oxygen atoms in total. The Balaban J connectivity index is 2.01. The van der Waals surface area contributed by atoms with Gasteiger partial charge >= 0.3 is 0 Å². The Morgan fingerprint density at radius 2 is 1.89 bits per heavy atom. The standard InChI is InChI=1S/C16H17FO2/c1-12(18)15-8-7-14(17)11-16(15)19-10-9-13-5-3-2-4-6-13/h2-8,11-12,18H,9-10H2,1H3/t12-/m0/s1. The van der Waals surface area contributed by atoms with Crippen LogP contribution in [-0.4, -0.2) is 11.7 Å². The van der Waals surface area contributed by atoms with E-state index in [0.29, 0.717) is 17.9 Å². The van der Waals surface area contributed by atoms with Crippen molar-refractivity contribution in [3.05, 3.63) is 65.5 Å². The highest BCUT2D eigenvalue weighted by atomic mass is 19.1. The molecule has 0 aliphatic carbocycles. The molecule has 1 N–H and O–H groups in total. The van der Waals surface area contributed by atoms with E-state index in [2.05, 4.69) is 0 Å². The Morgan fingerprint density at radius 1 is 1.16 bits per heavy atom. The summed E-state index contributed by atoms with van der Waals surface area (Å²) in [4.78, 5) is 0. The van der Waals surface area contributed by atoms with Crippen LogP contribution in [0.4, 0.5) is 4.39 Å². The van der Waals surface area contributed by atoms with E-state index in [-0.39, 0.29) is 5.82 Å². The molecule has 100 valence electrons. The van der Waals surface area contributed by atoms with Crippen molar-refractivity contribution in [1.29, 1.82) is 0 Å². The molecule has 0 saturated carbocycles. The van der Waals surface area contributed by atoms with Crippen molar-refractivity contribution in [2.45, 2.75) is 19.4 Å². The van der Waals surface area contributed by atoms with E-state index >= 15 is 0 Å². The maximum Gasteiger partial charge on any atom is 0.128 e. The van der Waals surface area contributed by atoms with Crippen LogP contribution in [0.2, 0.25) is 0 Å². The van der Waals surface area contributed by atoms with Gasteiger partial charge in [0.05, 0.1) is 12.7 Å². The minimum Gasteiger partial charge on any atom is -0.493 e. The van der Waals surface area contributed by atoms with Gasteiger partial charge in [-0.25, -0.2) is 4.39 Å². The van der Waals surface area contributed by atoms with E-state index < -0.39 is 6.10 Å². The first-order valence-electron chi connectivity index (χ1n) is 6.31. The number of aliphatic hydroxyl groups excluding tert-OH is 1. The smallest absolute Gasteiger partial charge is 0.128 e. The molecule has 0 fully saturated rings. The molecule has 1 atom stereocenters. The molecular weight excluding hydrogens is 243 g/mol. The molecule has 0 heterocycles. The summed E-state index contributed by atoms with van der Waals surface area (Å²) in [6.07, 6.45) is 0.0729. The van der Waals surface area contributed by atoms with Crippen LogP contribution in [0.15, 0.2) is 48.5 Å². The number of aliphatic hydroxyl groups is 1. The van der Waals surface area contributed by atoms with Gasteiger partial charge in [-0.1, -0.05) is 30.3 Å². The van der Waals surface area contributed by atoms with Gasteiger partial charge in [-0.2, -0.15) is 0 Å². The molecule has 2 aromatic rings. The SMILES string of the molecule is C[C@H](O)c1ccc(F)cc1OCCc1ccccc1. The van der Waals surface area contributed by atoms with Gasteiger partial charge in [-0.05, 0) is 24.6 Å². The molecular formula is C16H17FO2. The molecule has 0 radical (unpaired) electrons. The third-order valence-electron chi connectivity index (χ3n) is 2.92. The Hall–Kier alpha value is -1.87. The highest BCUT2D eigenvalue weighted by molar-refractivity contribution is 5.35. The molecule has 0 amide bonds. The van der Waals surface area contributed by atoms with Crippen molar-refractivity contribution in [3.63, 3.8) is 0 Å². The zero-order valence-electron chi connectivity index (χ0n) is 10.8. The molecule has 0 spiro atoms. The van der Waals surface area contributed by atoms with Gasteiger partial charge < -0.3 is 9.84 Å². The van der Waals surface area contributed by atoms with Crippen LogP contribution >= 0.6 is 0 Å². The molecule has 3 heteroatoms. The summed E-state index contributed by atoms with van der Waals surface area (Å²) in [7, 11) is 0. The average molecular weight is 260 g/mol. The molecule has 19 heavy (non-hydrogen) atoms. The van der Waals surface area contributed by atoms with Crippen molar-refractivity contribution >= 4 is 0 Å². The molecule has 0 bridgehead atoms. The number of hydrogen-bond acceptors (Lipinski definition) is 2. The van der Waals surface area contributed by atoms with Crippen LogP contribution < -0.4 is 4.74 Å². The van der Waals surface area contributed by atoms with E-state index in [0.717, 1.165) is 12.0 Å². The fourth-order valence-electron chi connectivity index (χ4n) is 1.90. The molecule has 2 rings (SSSR count). The Kier molecular flexibility index (Phi) is 4.53. The van der Waals surface area contributed by atoms with Gasteiger partial charge in [-0.15, -0.1) is 0 Å². The number of hydrogen-bond donors (Lipinski definition) is 1. The van der Waals surface area contributed by atoms with Gasteiger partial charge in [0.25, 0.3) is 0 Å². The van der Waals surface area contributed by atoms with Crippen molar-refractivity contribution in [2.75, 3.05) is 6.61 Å². The zero-order chi connectivity index (χ0) is 13.7. The lowest BCUT2D eigenvalue weighted by Crippen LogP contribution is -2.05. The van der Waals surface area contributed by atoms with Crippen LogP contribution in [0.25, 0.3) is 0 Å². The van der Waals surface area contributed by atoms with Gasteiger partial charge in [0, 0.05) is 18.1 Å². The summed E-state index contributed by atoms with van der Waals surface area (Å²) in [6, 6.07) is 14.1. The maximum atomic E-state index is 13.2. The lowest BCUT2D eigenvalue weighted by atomic mass is 10.1. The van der Waals surface area contributed by atoms with Gasteiger partial charge in [0.2, 0.25) is 0 Å². The summed E-state index contributed by atoms with van der Waals surface area (Å²) in [5, 5.41) is 9.61. The first kappa shape index (κ1) is 13.6. The monoisotopic (exact) mass is 260 g/mol. The third-order valence-corrected chi connectivity index (χ3v) is 2.92. The van der Waals surface area contributed by atoms with Crippen molar-refractivity contribution in [2.24, 2.45) is 0 Å². The third kappa shape index (κ3) is 3.80. The Labute approximate surface area is 112 Å². The summed E-state index contributed by atoms with van der Waals surface area (Å²) < 4.78 is 18.8. The first-order valence-corrected chi connectivity index (χ1v) is 6.31. The van der Waals surface area contributed by atoms with Crippen molar-refractivity contribution in [1.82, 2.24) is 0 Å². The summed E-state index contributed by atoms with van der Waals surface area (Å²) in [6.45, 7) is 2.09. The highest BCUT2D eigenvalue weighted by Crippen LogP contribution is 2.26. The minimum absolute atomic E-state index is 0.362. The molecule has 0 aliphatic rings. The van der Waals surface area contributed by atoms with Crippen LogP contribution in [0.1, 0.15) is 24.2 Å². The van der Waals surface area contributed by atoms with E-state index in [1.54, 1.807) is 13.0 Å². The first-order chi connectivity index (χ1) is 9.16. The predicted molar refractivity (Wildman–Crippen MR) is 72.7 cm³/mol. The zero-order valence-corrected chi connectivity index (χ0v) is 10.8. The maximum absolute atomic E-state index is 13.2. The second kappa shape index (κ2) is 6.34. The topological polar surface area (TPSA) is 29.5 Å². The number of rotatable bonds is 5. The van der Waals surface area contributed by atoms with E-state index in [1.165, 1.54) is 12.1 Å². The Bertz CT molecular complexity index is 524. The Morgan fingerprint density at radius 3 is 2.58 bits per heavy atom. The average Bonchev–Trinajstić information content (AvgIpc) is 2.39. The molecule has 2 aromatic carbocycles. The predicted octanol–water partition coefficient (Wildman–Crippen LogP) is 3.50. The summed E-state index contributed by atoms with van der Waals surface area (Å²) >= 11 is 0. The highest BCUT2D eigenvalue weighted by Gasteiger charge is 2.10. The van der Waals surface area contributed by atoms with E-state index in [4.69, 9.17) is 4.74 Å². The normalized spacial score (nSPS) is 12.2. The van der Waals surface area contributed by atoms with Gasteiger partial charge in [0.1, 0.15) is 11.6 Å². The number of ether oxygens (including phenoxy) is 1. The number of benzene rings is 2. The summed E-state index contributed by atoms with van der Waals surface area (Å²) in [5.74, 6) is 0.0463. The lowest BCUT2D eigenvalue weighted by Gasteiger charge is -2.13. The quantitative estimate of drug-likeness (QED) is 0.891. The van der Waals surface area contributed by atoms with Crippen molar-refractivity contribution in [3.8, 4) is 5.75 Å². The lowest BCUT2D eigenvalue weighted by molar-refractivity contribution is 0.191. The van der Waals surface area contributed by atoms with E-state index in [9.17, 15) is 9.50 Å². The van der Waals surface area contributed by atoms with Crippen LogP contribution in [0.5, 0.6) is 5.75 Å². The number of halogens is 1. The van der Waals surface area contributed by atoms with Crippen LogP contribution in [0, 0.1) is 5.82 Å². The largest absolute Gasteiger partial charge is 0.493 e. The second-order valence-corrected chi connectivity index (χ2v) is 4.44. The fourth-order valence-corrected chi connectivity index (χ4v) is 1.90. The fraction of sp³-hybridized carbons (Fsp3) is 0.250. The molecule has 0 saturated heterocycles. The molecule has 0 aromatic heterocycles. The van der Waals surface area contributed by atoms with E-state index in [1.807, 2.05) is 30.3 Å². The second-order valence-electron chi connectivity index (χ2n) is 4.44. The summed E-state index contributed by atoms with van der Waals surface area (Å²) in [5.41, 5.74) is 1.77.